The predicted molar refractivity (Wildman–Crippen MR) is 42.6 cm³/mol. The van der Waals surface area contributed by atoms with Crippen LogP contribution in [0.15, 0.2) is 35.6 Å². The molecule has 10 heavy (non-hydrogen) atoms. The standard InChI is InChI=1S/C9H12O/c1-3-8-6-4-5-7-9(8)10-2/h3-5,7H,6H2,1-2H3/b8-3+. The first-order valence-corrected chi connectivity index (χ1v) is 3.45. The highest BCUT2D eigenvalue weighted by Crippen LogP contribution is 2.18. The Kier molecular flexibility index (Phi) is 2.32. The molecule has 0 atom stereocenters. The van der Waals surface area contributed by atoms with E-state index in [0.717, 1.165) is 12.2 Å². The highest BCUT2D eigenvalue weighted by Gasteiger charge is 2.03. The quantitative estimate of drug-likeness (QED) is 0.538. The van der Waals surface area contributed by atoms with Crippen molar-refractivity contribution in [1.82, 2.24) is 0 Å². The van der Waals surface area contributed by atoms with Crippen LogP contribution in [-0.4, -0.2) is 7.11 Å². The Morgan fingerprint density at radius 1 is 1.60 bits per heavy atom. The molecule has 1 heteroatoms. The lowest BCUT2D eigenvalue weighted by atomic mass is 10.1. The minimum absolute atomic E-state index is 0.991. The molecule has 0 saturated heterocycles. The molecular formula is C9H12O. The predicted octanol–water partition coefficient (Wildman–Crippen LogP) is 2.42. The van der Waals surface area contributed by atoms with Crippen molar-refractivity contribution in [3.63, 3.8) is 0 Å². The van der Waals surface area contributed by atoms with Crippen LogP contribution in [-0.2, 0) is 4.74 Å². The summed E-state index contributed by atoms with van der Waals surface area (Å²) >= 11 is 0. The minimum Gasteiger partial charge on any atom is -0.496 e. The maximum absolute atomic E-state index is 5.14. The van der Waals surface area contributed by atoms with E-state index < -0.39 is 0 Å². The van der Waals surface area contributed by atoms with Gasteiger partial charge in [-0.3, -0.25) is 0 Å². The number of hydrogen-bond acceptors (Lipinski definition) is 1. The third kappa shape index (κ3) is 1.29. The summed E-state index contributed by atoms with van der Waals surface area (Å²) < 4.78 is 5.14. The molecular weight excluding hydrogens is 124 g/mol. The second-order valence-electron chi connectivity index (χ2n) is 2.18. The molecule has 0 aromatic rings. The molecule has 0 heterocycles. The zero-order chi connectivity index (χ0) is 7.40. The average Bonchev–Trinajstić information content (AvgIpc) is 2.04. The Labute approximate surface area is 61.7 Å². The monoisotopic (exact) mass is 136 g/mol. The van der Waals surface area contributed by atoms with Gasteiger partial charge in [0.2, 0.25) is 0 Å². The van der Waals surface area contributed by atoms with Gasteiger partial charge >= 0.3 is 0 Å². The molecule has 0 fully saturated rings. The Morgan fingerprint density at radius 3 is 2.90 bits per heavy atom. The molecule has 0 aliphatic heterocycles. The minimum atomic E-state index is 0.991. The fourth-order valence-corrected chi connectivity index (χ4v) is 1.02. The van der Waals surface area contributed by atoms with Gasteiger partial charge < -0.3 is 4.74 Å². The molecule has 0 aromatic carbocycles. The van der Waals surface area contributed by atoms with Crippen LogP contribution in [0.4, 0.5) is 0 Å². The molecule has 1 aliphatic rings. The van der Waals surface area contributed by atoms with Crippen molar-refractivity contribution in [2.75, 3.05) is 7.11 Å². The molecule has 0 amide bonds. The summed E-state index contributed by atoms with van der Waals surface area (Å²) in [6, 6.07) is 0. The van der Waals surface area contributed by atoms with E-state index in [1.54, 1.807) is 7.11 Å². The molecule has 0 saturated carbocycles. The van der Waals surface area contributed by atoms with Gasteiger partial charge in [-0.2, -0.15) is 0 Å². The molecule has 0 bridgehead atoms. The molecule has 1 aliphatic carbocycles. The van der Waals surface area contributed by atoms with Crippen molar-refractivity contribution in [2.24, 2.45) is 0 Å². The van der Waals surface area contributed by atoms with Crippen LogP contribution in [0, 0.1) is 0 Å². The van der Waals surface area contributed by atoms with Crippen LogP contribution in [0.1, 0.15) is 13.3 Å². The van der Waals surface area contributed by atoms with Crippen LogP contribution in [0.25, 0.3) is 0 Å². The lowest BCUT2D eigenvalue weighted by Gasteiger charge is -2.10. The summed E-state index contributed by atoms with van der Waals surface area (Å²) in [4.78, 5) is 0. The van der Waals surface area contributed by atoms with Gasteiger partial charge in [-0.05, 0) is 25.0 Å². The van der Waals surface area contributed by atoms with E-state index in [4.69, 9.17) is 4.74 Å². The number of methoxy groups -OCH3 is 1. The Balaban J connectivity index is 2.81. The first-order chi connectivity index (χ1) is 4.88. The molecule has 0 spiro atoms. The molecule has 0 radical (unpaired) electrons. The average molecular weight is 136 g/mol. The van der Waals surface area contributed by atoms with E-state index >= 15 is 0 Å². The smallest absolute Gasteiger partial charge is 0.122 e. The van der Waals surface area contributed by atoms with Gasteiger partial charge in [-0.25, -0.2) is 0 Å². The SMILES string of the molecule is C/C=C1\CC=CC=C1OC. The van der Waals surface area contributed by atoms with Crippen molar-refractivity contribution >= 4 is 0 Å². The zero-order valence-electron chi connectivity index (χ0n) is 6.42. The van der Waals surface area contributed by atoms with Crippen molar-refractivity contribution in [2.45, 2.75) is 13.3 Å². The van der Waals surface area contributed by atoms with Gasteiger partial charge in [0.05, 0.1) is 7.11 Å². The largest absolute Gasteiger partial charge is 0.496 e. The van der Waals surface area contributed by atoms with Gasteiger partial charge in [0, 0.05) is 0 Å². The van der Waals surface area contributed by atoms with Crippen LogP contribution in [0.3, 0.4) is 0 Å². The maximum atomic E-state index is 5.14. The van der Waals surface area contributed by atoms with E-state index in [2.05, 4.69) is 12.2 Å². The molecule has 0 aromatic heterocycles. The lowest BCUT2D eigenvalue weighted by Crippen LogP contribution is -1.94. The van der Waals surface area contributed by atoms with Gasteiger partial charge in [0.25, 0.3) is 0 Å². The van der Waals surface area contributed by atoms with Crippen molar-refractivity contribution < 1.29 is 4.74 Å². The van der Waals surface area contributed by atoms with Gasteiger partial charge in [-0.1, -0.05) is 18.2 Å². The molecule has 54 valence electrons. The molecule has 0 N–H and O–H groups in total. The second-order valence-corrected chi connectivity index (χ2v) is 2.18. The first kappa shape index (κ1) is 7.13. The van der Waals surface area contributed by atoms with E-state index in [0.29, 0.717) is 0 Å². The van der Waals surface area contributed by atoms with Crippen molar-refractivity contribution in [3.8, 4) is 0 Å². The molecule has 1 rings (SSSR count). The number of allylic oxidation sites excluding steroid dienone is 5. The first-order valence-electron chi connectivity index (χ1n) is 3.45. The summed E-state index contributed by atoms with van der Waals surface area (Å²) in [7, 11) is 1.70. The molecule has 1 nitrogen and oxygen atoms in total. The van der Waals surface area contributed by atoms with Crippen molar-refractivity contribution in [3.05, 3.63) is 35.6 Å². The van der Waals surface area contributed by atoms with Gasteiger partial charge in [-0.15, -0.1) is 0 Å². The van der Waals surface area contributed by atoms with Crippen LogP contribution < -0.4 is 0 Å². The van der Waals surface area contributed by atoms with Crippen molar-refractivity contribution in [1.29, 1.82) is 0 Å². The van der Waals surface area contributed by atoms with E-state index in [1.165, 1.54) is 5.57 Å². The highest BCUT2D eigenvalue weighted by molar-refractivity contribution is 5.34. The second kappa shape index (κ2) is 3.25. The fraction of sp³-hybridized carbons (Fsp3) is 0.333. The summed E-state index contributed by atoms with van der Waals surface area (Å²) in [6.07, 6.45) is 9.21. The Hall–Kier alpha value is -0.980. The van der Waals surface area contributed by atoms with Gasteiger partial charge in [0.15, 0.2) is 0 Å². The third-order valence-corrected chi connectivity index (χ3v) is 1.61. The summed E-state index contributed by atoms with van der Waals surface area (Å²) in [5, 5.41) is 0. The van der Waals surface area contributed by atoms with Crippen LogP contribution >= 0.6 is 0 Å². The topological polar surface area (TPSA) is 9.23 Å². The van der Waals surface area contributed by atoms with E-state index in [9.17, 15) is 0 Å². The Bertz CT molecular complexity index is 197. The summed E-state index contributed by atoms with van der Waals surface area (Å²) in [5.74, 6) is 0.991. The van der Waals surface area contributed by atoms with Crippen LogP contribution in [0.5, 0.6) is 0 Å². The highest BCUT2D eigenvalue weighted by atomic mass is 16.5. The van der Waals surface area contributed by atoms with Gasteiger partial charge in [0.1, 0.15) is 5.76 Å². The Morgan fingerprint density at radius 2 is 2.40 bits per heavy atom. The zero-order valence-corrected chi connectivity index (χ0v) is 6.42. The lowest BCUT2D eigenvalue weighted by molar-refractivity contribution is 0.298. The number of rotatable bonds is 1. The number of ether oxygens (including phenoxy) is 1. The maximum Gasteiger partial charge on any atom is 0.122 e. The number of hydrogen-bond donors (Lipinski definition) is 0. The summed E-state index contributed by atoms with van der Waals surface area (Å²) in [5.41, 5.74) is 1.27. The third-order valence-electron chi connectivity index (χ3n) is 1.61. The van der Waals surface area contributed by atoms with E-state index in [1.807, 2.05) is 19.1 Å². The van der Waals surface area contributed by atoms with Crippen LogP contribution in [0.2, 0.25) is 0 Å². The van der Waals surface area contributed by atoms with E-state index in [-0.39, 0.29) is 0 Å². The summed E-state index contributed by atoms with van der Waals surface area (Å²) in [6.45, 7) is 2.03. The molecule has 0 unspecified atom stereocenters. The normalized spacial score (nSPS) is 21.0. The fourth-order valence-electron chi connectivity index (χ4n) is 1.02.